The largest absolute Gasteiger partial charge is 0.493 e. The van der Waals surface area contributed by atoms with Crippen molar-refractivity contribution in [3.8, 4) is 11.5 Å². The van der Waals surface area contributed by atoms with E-state index in [-0.39, 0.29) is 18.6 Å². The van der Waals surface area contributed by atoms with Crippen LogP contribution in [0.4, 0.5) is 4.79 Å². The van der Waals surface area contributed by atoms with E-state index in [1.54, 1.807) is 7.11 Å². The quantitative estimate of drug-likeness (QED) is 0.618. The van der Waals surface area contributed by atoms with E-state index in [2.05, 4.69) is 5.32 Å². The molecule has 1 aliphatic rings. The molecule has 1 unspecified atom stereocenters. The van der Waals surface area contributed by atoms with Crippen LogP contribution in [0.25, 0.3) is 0 Å². The number of carbonyl (C=O) groups excluding carboxylic acids is 2. The number of urea groups is 1. The Balaban J connectivity index is 1.73. The summed E-state index contributed by atoms with van der Waals surface area (Å²) in [6.45, 7) is 5.30. The molecule has 1 aliphatic heterocycles. The Kier molecular flexibility index (Phi) is 6.62. The van der Waals surface area contributed by atoms with Gasteiger partial charge in [-0.25, -0.2) is 9.69 Å². The van der Waals surface area contributed by atoms with Gasteiger partial charge in [0.1, 0.15) is 12.1 Å². The molecule has 0 spiro atoms. The molecule has 1 saturated heterocycles. The van der Waals surface area contributed by atoms with Gasteiger partial charge < -0.3 is 19.7 Å². The zero-order chi connectivity index (χ0) is 21.7. The van der Waals surface area contributed by atoms with E-state index >= 15 is 0 Å². The van der Waals surface area contributed by atoms with Crippen LogP contribution in [-0.4, -0.2) is 44.3 Å². The lowest BCUT2D eigenvalue weighted by molar-refractivity contribution is -0.901. The van der Waals surface area contributed by atoms with Gasteiger partial charge in [0.05, 0.1) is 20.8 Å². The van der Waals surface area contributed by atoms with Crippen LogP contribution >= 0.6 is 0 Å². The molecular formula is C23H30N3O4+. The lowest BCUT2D eigenvalue weighted by Gasteiger charge is -2.26. The van der Waals surface area contributed by atoms with Crippen LogP contribution in [0.5, 0.6) is 11.5 Å². The first-order chi connectivity index (χ1) is 14.4. The molecule has 0 aromatic heterocycles. The monoisotopic (exact) mass is 412 g/mol. The fraction of sp³-hybridized carbons (Fsp3) is 0.391. The summed E-state index contributed by atoms with van der Waals surface area (Å²) >= 11 is 0. The summed E-state index contributed by atoms with van der Waals surface area (Å²) in [7, 11) is 3.57. The molecule has 3 amide bonds. The number of nitrogens with one attached hydrogen (secondary N) is 2. The zero-order valence-electron chi connectivity index (χ0n) is 18.0. The molecular weight excluding hydrogens is 382 g/mol. The molecule has 2 aromatic carbocycles. The van der Waals surface area contributed by atoms with E-state index in [0.29, 0.717) is 31.1 Å². The third-order valence-corrected chi connectivity index (χ3v) is 5.43. The van der Waals surface area contributed by atoms with Crippen LogP contribution in [-0.2, 0) is 16.9 Å². The molecule has 0 aliphatic carbocycles. The van der Waals surface area contributed by atoms with Gasteiger partial charge in [-0.3, -0.25) is 4.79 Å². The molecule has 2 atom stereocenters. The Morgan fingerprint density at radius 1 is 1.07 bits per heavy atom. The summed E-state index contributed by atoms with van der Waals surface area (Å²) in [6, 6.07) is 14.9. The van der Waals surface area contributed by atoms with Crippen molar-refractivity contribution < 1.29 is 24.0 Å². The number of rotatable bonds is 9. The maximum Gasteiger partial charge on any atom is 0.329 e. The molecule has 3 rings (SSSR count). The van der Waals surface area contributed by atoms with Crippen LogP contribution < -0.4 is 19.7 Å². The molecule has 2 N–H and O–H groups in total. The van der Waals surface area contributed by atoms with Crippen LogP contribution in [0, 0.1) is 0 Å². The van der Waals surface area contributed by atoms with Crippen molar-refractivity contribution in [1.29, 1.82) is 0 Å². The molecule has 1 heterocycles. The van der Waals surface area contributed by atoms with Gasteiger partial charge >= 0.3 is 6.03 Å². The number of methoxy groups -OCH3 is 1. The van der Waals surface area contributed by atoms with Crippen molar-refractivity contribution >= 4 is 11.9 Å². The highest BCUT2D eigenvalue weighted by molar-refractivity contribution is 6.07. The fourth-order valence-corrected chi connectivity index (χ4v) is 3.90. The van der Waals surface area contributed by atoms with Crippen LogP contribution in [0.15, 0.2) is 48.5 Å². The van der Waals surface area contributed by atoms with Gasteiger partial charge in [-0.2, -0.15) is 0 Å². The van der Waals surface area contributed by atoms with E-state index in [1.165, 1.54) is 4.90 Å². The summed E-state index contributed by atoms with van der Waals surface area (Å²) in [5.41, 5.74) is 0.841. The van der Waals surface area contributed by atoms with Crippen LogP contribution in [0.2, 0.25) is 0 Å². The number of carbonyl (C=O) groups is 2. The van der Waals surface area contributed by atoms with Gasteiger partial charge in [0.2, 0.25) is 0 Å². The van der Waals surface area contributed by atoms with Gasteiger partial charge in [-0.05, 0) is 37.1 Å². The van der Waals surface area contributed by atoms with E-state index in [1.807, 2.05) is 69.4 Å². The number of amides is 3. The number of imide groups is 1. The number of quaternary nitrogens is 1. The third kappa shape index (κ3) is 4.11. The molecule has 160 valence electrons. The van der Waals surface area contributed by atoms with Crippen molar-refractivity contribution in [2.24, 2.45) is 0 Å². The van der Waals surface area contributed by atoms with Gasteiger partial charge in [0, 0.05) is 5.56 Å². The second-order valence-electron chi connectivity index (χ2n) is 7.50. The van der Waals surface area contributed by atoms with E-state index in [9.17, 15) is 9.59 Å². The van der Waals surface area contributed by atoms with Crippen molar-refractivity contribution in [3.05, 3.63) is 59.7 Å². The number of ether oxygens (including phenoxy) is 2. The fourth-order valence-electron chi connectivity index (χ4n) is 3.90. The molecule has 2 aromatic rings. The molecule has 0 bridgehead atoms. The summed E-state index contributed by atoms with van der Waals surface area (Å²) in [5.74, 6) is 1.17. The minimum atomic E-state index is -0.999. The predicted octanol–water partition coefficient (Wildman–Crippen LogP) is 1.92. The average Bonchev–Trinajstić information content (AvgIpc) is 3.00. The Hall–Kier alpha value is -3.06. The highest BCUT2D eigenvalue weighted by atomic mass is 16.5. The smallest absolute Gasteiger partial charge is 0.329 e. The van der Waals surface area contributed by atoms with Gasteiger partial charge in [0.25, 0.3) is 5.91 Å². The number of nitrogens with zero attached hydrogens (tertiary/aromatic N) is 1. The van der Waals surface area contributed by atoms with Crippen molar-refractivity contribution in [3.63, 3.8) is 0 Å². The average molecular weight is 413 g/mol. The molecule has 7 heteroatoms. The highest BCUT2D eigenvalue weighted by Gasteiger charge is 2.52. The lowest BCUT2D eigenvalue weighted by atomic mass is 9.87. The summed E-state index contributed by atoms with van der Waals surface area (Å²) in [6.07, 6.45) is 0.493. The first-order valence-corrected chi connectivity index (χ1v) is 10.3. The van der Waals surface area contributed by atoms with Crippen molar-refractivity contribution in [2.75, 3.05) is 27.4 Å². The predicted molar refractivity (Wildman–Crippen MR) is 113 cm³/mol. The molecule has 1 fully saturated rings. The highest BCUT2D eigenvalue weighted by Crippen LogP contribution is 2.32. The molecule has 30 heavy (non-hydrogen) atoms. The summed E-state index contributed by atoms with van der Waals surface area (Å²) in [5, 5.41) is 2.93. The minimum Gasteiger partial charge on any atom is -0.493 e. The topological polar surface area (TPSA) is 72.3 Å². The maximum absolute atomic E-state index is 13.3. The number of benzene rings is 2. The third-order valence-electron chi connectivity index (χ3n) is 5.43. The van der Waals surface area contributed by atoms with Crippen molar-refractivity contribution in [2.45, 2.75) is 32.4 Å². The first kappa shape index (κ1) is 21.6. The second-order valence-corrected chi connectivity index (χ2v) is 7.50. The number of hydrogen-bond acceptors (Lipinski definition) is 4. The van der Waals surface area contributed by atoms with Crippen LogP contribution in [0.3, 0.4) is 0 Å². The Labute approximate surface area is 177 Å². The van der Waals surface area contributed by atoms with E-state index < -0.39 is 5.54 Å². The second kappa shape index (κ2) is 9.17. The van der Waals surface area contributed by atoms with Crippen LogP contribution in [0.1, 0.15) is 31.4 Å². The van der Waals surface area contributed by atoms with Gasteiger partial charge in [0.15, 0.2) is 18.2 Å². The molecule has 7 nitrogen and oxygen atoms in total. The first-order valence-electron chi connectivity index (χ1n) is 10.3. The maximum atomic E-state index is 13.3. The molecule has 0 saturated carbocycles. The Bertz CT molecular complexity index is 903. The lowest BCUT2D eigenvalue weighted by Crippen LogP contribution is -3.09. The summed E-state index contributed by atoms with van der Waals surface area (Å²) in [4.78, 5) is 28.3. The number of hydrogen-bond donors (Lipinski definition) is 2. The summed E-state index contributed by atoms with van der Waals surface area (Å²) < 4.78 is 11.0. The molecule has 0 radical (unpaired) electrons. The van der Waals surface area contributed by atoms with Gasteiger partial charge in [-0.1, -0.05) is 37.3 Å². The Morgan fingerprint density at radius 3 is 2.43 bits per heavy atom. The SMILES string of the molecule is CCOc1ccc(C[NH+](C)CN2C(=O)N[C@@](CC)(c3ccccc3)C2=O)cc1OC. The minimum absolute atomic E-state index is 0.204. The Morgan fingerprint density at radius 2 is 1.80 bits per heavy atom. The normalized spacial score (nSPS) is 19.5. The van der Waals surface area contributed by atoms with Gasteiger partial charge in [-0.15, -0.1) is 0 Å². The standard InChI is InChI=1S/C23H29N3O4/c1-5-23(18-10-8-7-9-11-18)21(27)26(22(28)24-23)16-25(3)15-17-12-13-19(30-6-2)20(14-17)29-4/h7-14H,5-6,15-16H2,1-4H3,(H,24,28)/p+1/t23-/m0/s1. The zero-order valence-corrected chi connectivity index (χ0v) is 18.0. The van der Waals surface area contributed by atoms with E-state index in [0.717, 1.165) is 16.0 Å². The van der Waals surface area contributed by atoms with E-state index in [4.69, 9.17) is 9.47 Å². The van der Waals surface area contributed by atoms with Crippen molar-refractivity contribution in [1.82, 2.24) is 10.2 Å².